The maximum atomic E-state index is 11.7. The summed E-state index contributed by atoms with van der Waals surface area (Å²) in [6.07, 6.45) is 1.73. The lowest BCUT2D eigenvalue weighted by molar-refractivity contribution is -0.149. The first-order valence-electron chi connectivity index (χ1n) is 5.40. The molecule has 2 rings (SSSR count). The van der Waals surface area contributed by atoms with Gasteiger partial charge in [0.05, 0.1) is 20.1 Å². The topological polar surface area (TPSA) is 51.2 Å². The van der Waals surface area contributed by atoms with E-state index < -0.39 is 5.41 Å². The molecule has 0 atom stereocenters. The van der Waals surface area contributed by atoms with Crippen molar-refractivity contribution in [2.24, 2.45) is 5.41 Å². The summed E-state index contributed by atoms with van der Waals surface area (Å²) in [5, 5.41) is 0.737. The van der Waals surface area contributed by atoms with Gasteiger partial charge in [-0.3, -0.25) is 4.98 Å². The van der Waals surface area contributed by atoms with Crippen molar-refractivity contribution in [2.75, 3.05) is 5.48 Å². The molecule has 1 N–H and O–H groups in total. The van der Waals surface area contributed by atoms with E-state index in [-0.39, 0.29) is 5.97 Å². The van der Waals surface area contributed by atoms with Gasteiger partial charge >= 0.3 is 5.97 Å². The van der Waals surface area contributed by atoms with Gasteiger partial charge in [-0.2, -0.15) is 0 Å². The second-order valence-corrected chi connectivity index (χ2v) is 6.68. The van der Waals surface area contributed by atoms with Crippen LogP contribution in [0.2, 0.25) is 0 Å². The van der Waals surface area contributed by atoms with E-state index in [9.17, 15) is 4.79 Å². The highest BCUT2D eigenvalue weighted by atomic mass is 79.9. The van der Waals surface area contributed by atoms with Crippen LogP contribution < -0.4 is 5.48 Å². The first-order chi connectivity index (χ1) is 8.39. The Morgan fingerprint density at radius 3 is 2.83 bits per heavy atom. The number of pyridine rings is 1. The Kier molecular flexibility index (Phi) is 3.59. The Bertz CT molecular complexity index is 589. The van der Waals surface area contributed by atoms with Crippen molar-refractivity contribution in [1.82, 2.24) is 4.98 Å². The Balaban J connectivity index is 2.18. The predicted molar refractivity (Wildman–Crippen MR) is 76.5 cm³/mol. The fourth-order valence-corrected chi connectivity index (χ4v) is 2.87. The average molecular weight is 329 g/mol. The predicted octanol–water partition coefficient (Wildman–Crippen LogP) is 3.98. The average Bonchev–Trinajstić information content (AvgIpc) is 2.63. The lowest BCUT2D eigenvalue weighted by Crippen LogP contribution is -2.25. The Morgan fingerprint density at radius 1 is 1.50 bits per heavy atom. The molecule has 96 valence electrons. The van der Waals surface area contributed by atoms with Crippen molar-refractivity contribution in [3.8, 4) is 0 Å². The van der Waals surface area contributed by atoms with E-state index >= 15 is 0 Å². The number of hydrogen-bond donors (Lipinski definition) is 1. The molecule has 0 aliphatic rings. The van der Waals surface area contributed by atoms with Gasteiger partial charge in [0, 0.05) is 6.20 Å². The molecule has 0 radical (unpaired) electrons. The fourth-order valence-electron chi connectivity index (χ4n) is 1.21. The molecule has 0 aliphatic heterocycles. The standard InChI is InChI=1S/C12H13BrN2O2S/c1-12(2,3)11(16)17-15-10-8(13)9-7(18-10)5-4-6-14-9/h4-6,15H,1-3H3. The number of anilines is 1. The van der Waals surface area contributed by atoms with Crippen molar-refractivity contribution in [3.63, 3.8) is 0 Å². The maximum absolute atomic E-state index is 11.7. The van der Waals surface area contributed by atoms with E-state index in [1.807, 2.05) is 12.1 Å². The minimum Gasteiger partial charge on any atom is -0.342 e. The molecule has 6 heteroatoms. The van der Waals surface area contributed by atoms with Crippen LogP contribution in [-0.4, -0.2) is 11.0 Å². The first kappa shape index (κ1) is 13.3. The third kappa shape index (κ3) is 2.64. The van der Waals surface area contributed by atoms with Gasteiger partial charge in [-0.15, -0.1) is 11.3 Å². The zero-order valence-corrected chi connectivity index (χ0v) is 12.7. The van der Waals surface area contributed by atoms with Gasteiger partial charge < -0.3 is 4.84 Å². The van der Waals surface area contributed by atoms with Crippen molar-refractivity contribution >= 4 is 48.5 Å². The molecule has 0 saturated heterocycles. The number of hydrogen-bond acceptors (Lipinski definition) is 5. The summed E-state index contributed by atoms with van der Waals surface area (Å²) in [5.74, 6) is -0.306. The first-order valence-corrected chi connectivity index (χ1v) is 7.01. The van der Waals surface area contributed by atoms with Crippen LogP contribution in [0.3, 0.4) is 0 Å². The van der Waals surface area contributed by atoms with Crippen LogP contribution in [0.1, 0.15) is 20.8 Å². The molecule has 0 fully saturated rings. The summed E-state index contributed by atoms with van der Waals surface area (Å²) in [6, 6.07) is 3.84. The molecule has 0 aliphatic carbocycles. The number of nitrogens with zero attached hydrogens (tertiary/aromatic N) is 1. The lowest BCUT2D eigenvalue weighted by Gasteiger charge is -2.15. The largest absolute Gasteiger partial charge is 0.342 e. The van der Waals surface area contributed by atoms with Gasteiger partial charge in [-0.25, -0.2) is 10.3 Å². The van der Waals surface area contributed by atoms with Crippen molar-refractivity contribution in [3.05, 3.63) is 22.8 Å². The normalized spacial score (nSPS) is 11.6. The van der Waals surface area contributed by atoms with Crippen LogP contribution in [0.5, 0.6) is 0 Å². The molecule has 0 bridgehead atoms. The van der Waals surface area contributed by atoms with E-state index in [1.165, 1.54) is 11.3 Å². The number of aromatic nitrogens is 1. The Morgan fingerprint density at radius 2 is 2.22 bits per heavy atom. The van der Waals surface area contributed by atoms with Gasteiger partial charge in [-0.05, 0) is 48.8 Å². The highest BCUT2D eigenvalue weighted by Gasteiger charge is 2.24. The summed E-state index contributed by atoms with van der Waals surface area (Å²) in [4.78, 5) is 21.0. The number of carbonyl (C=O) groups excluding carboxylic acids is 1. The number of carbonyl (C=O) groups is 1. The van der Waals surface area contributed by atoms with Crippen molar-refractivity contribution < 1.29 is 9.63 Å². The molecule has 18 heavy (non-hydrogen) atoms. The fraction of sp³-hybridized carbons (Fsp3) is 0.333. The van der Waals surface area contributed by atoms with E-state index in [0.29, 0.717) is 0 Å². The second kappa shape index (κ2) is 4.85. The molecule has 2 heterocycles. The molecular formula is C12H13BrN2O2S. The third-order valence-corrected chi connectivity index (χ3v) is 4.31. The van der Waals surface area contributed by atoms with Crippen LogP contribution in [0.25, 0.3) is 10.2 Å². The quantitative estimate of drug-likeness (QED) is 0.847. The van der Waals surface area contributed by atoms with Crippen LogP contribution in [0, 0.1) is 5.41 Å². The Hall–Kier alpha value is -1.14. The molecule has 0 aromatic carbocycles. The molecule has 4 nitrogen and oxygen atoms in total. The summed E-state index contributed by atoms with van der Waals surface area (Å²) < 4.78 is 1.84. The number of halogens is 1. The van der Waals surface area contributed by atoms with Crippen LogP contribution >= 0.6 is 27.3 Å². The molecule has 0 saturated carbocycles. The summed E-state index contributed by atoms with van der Waals surface area (Å²) in [5.41, 5.74) is 3.02. The molecule has 0 amide bonds. The number of rotatable bonds is 2. The molecule has 0 spiro atoms. The lowest BCUT2D eigenvalue weighted by atomic mass is 9.98. The summed E-state index contributed by atoms with van der Waals surface area (Å²) in [7, 11) is 0. The zero-order valence-electron chi connectivity index (χ0n) is 10.3. The van der Waals surface area contributed by atoms with E-state index in [4.69, 9.17) is 4.84 Å². The van der Waals surface area contributed by atoms with E-state index in [2.05, 4.69) is 26.4 Å². The maximum Gasteiger partial charge on any atom is 0.337 e. The smallest absolute Gasteiger partial charge is 0.337 e. The van der Waals surface area contributed by atoms with Crippen LogP contribution in [0.4, 0.5) is 5.00 Å². The third-order valence-electron chi connectivity index (χ3n) is 2.24. The minimum atomic E-state index is -0.533. The zero-order chi connectivity index (χ0) is 13.3. The summed E-state index contributed by atoms with van der Waals surface area (Å²) >= 11 is 4.93. The van der Waals surface area contributed by atoms with E-state index in [0.717, 1.165) is 19.7 Å². The molecule has 0 unspecified atom stereocenters. The monoisotopic (exact) mass is 328 g/mol. The molecule has 2 aromatic rings. The van der Waals surface area contributed by atoms with Gasteiger partial charge in [0.2, 0.25) is 0 Å². The highest BCUT2D eigenvalue weighted by Crippen LogP contribution is 2.38. The number of thiophene rings is 1. The number of nitrogens with one attached hydrogen (secondary N) is 1. The van der Waals surface area contributed by atoms with Gasteiger partial charge in [0.1, 0.15) is 5.00 Å². The van der Waals surface area contributed by atoms with Crippen molar-refractivity contribution in [2.45, 2.75) is 20.8 Å². The SMILES string of the molecule is CC(C)(C)C(=O)ONc1sc2cccnc2c1Br. The Labute approximate surface area is 117 Å². The van der Waals surface area contributed by atoms with Crippen LogP contribution in [0.15, 0.2) is 22.8 Å². The van der Waals surface area contributed by atoms with Crippen molar-refractivity contribution in [1.29, 1.82) is 0 Å². The summed E-state index contributed by atoms with van der Waals surface area (Å²) in [6.45, 7) is 5.41. The van der Waals surface area contributed by atoms with Crippen LogP contribution in [-0.2, 0) is 9.63 Å². The molecule has 2 aromatic heterocycles. The minimum absolute atomic E-state index is 0.306. The second-order valence-electron chi connectivity index (χ2n) is 4.84. The van der Waals surface area contributed by atoms with E-state index in [1.54, 1.807) is 27.0 Å². The van der Waals surface area contributed by atoms with Gasteiger partial charge in [-0.1, -0.05) is 0 Å². The molecular weight excluding hydrogens is 316 g/mol. The highest BCUT2D eigenvalue weighted by molar-refractivity contribution is 9.10. The van der Waals surface area contributed by atoms with Gasteiger partial charge in [0.25, 0.3) is 0 Å². The van der Waals surface area contributed by atoms with Gasteiger partial charge in [0.15, 0.2) is 0 Å². The number of fused-ring (bicyclic) bond motifs is 1.